The van der Waals surface area contributed by atoms with Crippen molar-refractivity contribution >= 4 is 29.0 Å². The monoisotopic (exact) mass is 516 g/mol. The number of morpholine rings is 1. The van der Waals surface area contributed by atoms with Crippen molar-refractivity contribution in [1.82, 2.24) is 20.4 Å². The minimum Gasteiger partial charge on any atom is -0.379 e. The lowest BCUT2D eigenvalue weighted by Gasteiger charge is -2.26. The second-order valence-electron chi connectivity index (χ2n) is 8.56. The third kappa shape index (κ3) is 7.08. The number of hydrogen-bond donors (Lipinski definition) is 4. The van der Waals surface area contributed by atoms with Crippen molar-refractivity contribution in [3.05, 3.63) is 70.9 Å². The molecule has 2 amide bonds. The lowest BCUT2D eigenvalue weighted by atomic mass is 10.1. The van der Waals surface area contributed by atoms with E-state index in [0.717, 1.165) is 37.3 Å². The molecule has 2 heterocycles. The molecule has 0 spiro atoms. The first kappa shape index (κ1) is 26.2. The summed E-state index contributed by atoms with van der Waals surface area (Å²) in [7, 11) is 0. The molecule has 0 saturated carbocycles. The summed E-state index contributed by atoms with van der Waals surface area (Å²) in [6.07, 6.45) is -4.54. The molecule has 1 aliphatic rings. The maximum atomic E-state index is 13.0. The van der Waals surface area contributed by atoms with E-state index in [1.165, 1.54) is 12.1 Å². The van der Waals surface area contributed by atoms with Gasteiger partial charge in [0.25, 0.3) is 11.8 Å². The molecule has 0 radical (unpaired) electrons. The van der Waals surface area contributed by atoms with Gasteiger partial charge in [-0.05, 0) is 42.8 Å². The van der Waals surface area contributed by atoms with E-state index in [0.29, 0.717) is 37.0 Å². The number of ether oxygens (including phenoxy) is 1. The predicted octanol–water partition coefficient (Wildman–Crippen LogP) is 3.79. The number of nitrogens with zero attached hydrogens (tertiary/aromatic N) is 2. The number of hydrogen-bond acceptors (Lipinski definition) is 6. The number of nitrogens with one attached hydrogen (secondary N) is 4. The van der Waals surface area contributed by atoms with Crippen LogP contribution in [-0.4, -0.2) is 66.3 Å². The Morgan fingerprint density at radius 2 is 1.86 bits per heavy atom. The third-order valence-electron chi connectivity index (χ3n) is 5.85. The summed E-state index contributed by atoms with van der Waals surface area (Å²) >= 11 is 0. The molecule has 1 saturated heterocycles. The van der Waals surface area contributed by atoms with E-state index >= 15 is 0 Å². The van der Waals surface area contributed by atoms with Crippen molar-refractivity contribution < 1.29 is 27.5 Å². The normalized spacial score (nSPS) is 14.3. The Hall–Kier alpha value is -3.90. The van der Waals surface area contributed by atoms with Gasteiger partial charge in [-0.3, -0.25) is 19.6 Å². The summed E-state index contributed by atoms with van der Waals surface area (Å²) in [5.74, 6) is -0.563. The number of aromatic amines is 1. The molecule has 3 aromatic rings. The highest BCUT2D eigenvalue weighted by molar-refractivity contribution is 6.04. The van der Waals surface area contributed by atoms with Gasteiger partial charge in [-0.2, -0.15) is 18.3 Å². The molecule has 0 aliphatic carbocycles. The average Bonchev–Trinajstić information content (AvgIpc) is 3.35. The van der Waals surface area contributed by atoms with E-state index in [4.69, 9.17) is 4.74 Å². The van der Waals surface area contributed by atoms with Crippen molar-refractivity contribution in [2.45, 2.75) is 13.1 Å². The number of alkyl halides is 3. The number of amides is 2. The molecule has 12 heteroatoms. The second-order valence-corrected chi connectivity index (χ2v) is 8.56. The van der Waals surface area contributed by atoms with Crippen molar-refractivity contribution in [2.24, 2.45) is 0 Å². The van der Waals surface area contributed by atoms with E-state index in [2.05, 4.69) is 31.0 Å². The number of rotatable bonds is 8. The average molecular weight is 517 g/mol. The van der Waals surface area contributed by atoms with Crippen LogP contribution < -0.4 is 16.0 Å². The number of carbonyl (C=O) groups is 2. The summed E-state index contributed by atoms with van der Waals surface area (Å²) in [6.45, 7) is 6.13. The maximum absolute atomic E-state index is 13.0. The largest absolute Gasteiger partial charge is 0.416 e. The van der Waals surface area contributed by atoms with Crippen molar-refractivity contribution in [3.8, 4) is 0 Å². The molecule has 9 nitrogen and oxygen atoms in total. The highest BCUT2D eigenvalue weighted by atomic mass is 19.4. The number of aryl methyl sites for hydroxylation is 1. The number of halogens is 3. The number of benzene rings is 2. The van der Waals surface area contributed by atoms with Gasteiger partial charge in [-0.1, -0.05) is 12.1 Å². The fourth-order valence-electron chi connectivity index (χ4n) is 3.76. The van der Waals surface area contributed by atoms with Gasteiger partial charge in [-0.25, -0.2) is 0 Å². The zero-order chi connectivity index (χ0) is 26.4. The number of H-pyrrole nitrogens is 1. The van der Waals surface area contributed by atoms with Gasteiger partial charge in [0.15, 0.2) is 5.82 Å². The minimum atomic E-state index is -4.54. The Morgan fingerprint density at radius 3 is 2.62 bits per heavy atom. The molecule has 0 bridgehead atoms. The highest BCUT2D eigenvalue weighted by Crippen LogP contribution is 2.30. The Balaban J connectivity index is 1.36. The number of anilines is 3. The van der Waals surface area contributed by atoms with E-state index in [-0.39, 0.29) is 17.2 Å². The topological polar surface area (TPSA) is 111 Å². The Labute approximate surface area is 211 Å². The fourth-order valence-corrected chi connectivity index (χ4v) is 3.76. The van der Waals surface area contributed by atoms with Gasteiger partial charge in [0, 0.05) is 49.2 Å². The molecular weight excluding hydrogens is 489 g/mol. The minimum absolute atomic E-state index is 0.110. The van der Waals surface area contributed by atoms with Crippen LogP contribution in [0, 0.1) is 6.92 Å². The van der Waals surface area contributed by atoms with Gasteiger partial charge in [-0.15, -0.1) is 0 Å². The van der Waals surface area contributed by atoms with Gasteiger partial charge in [0.2, 0.25) is 0 Å². The molecule has 1 aliphatic heterocycles. The van der Waals surface area contributed by atoms with Gasteiger partial charge in [0.1, 0.15) is 5.69 Å². The zero-order valence-electron chi connectivity index (χ0n) is 20.1. The molecule has 196 valence electrons. The van der Waals surface area contributed by atoms with E-state index in [1.807, 2.05) is 6.92 Å². The standard InChI is InChI=1S/C25H27F3N6O3/c1-16-5-6-19(30-23(35)17-3-2-4-18(13-17)25(26,27)28)14-20(16)31-22-15-21(32-33-22)24(36)29-7-8-34-9-11-37-12-10-34/h2-6,13-15H,7-12H2,1H3,(H,29,36)(H,30,35)(H2,31,32,33). The first-order valence-electron chi connectivity index (χ1n) is 11.7. The highest BCUT2D eigenvalue weighted by Gasteiger charge is 2.30. The lowest BCUT2D eigenvalue weighted by molar-refractivity contribution is -0.137. The SMILES string of the molecule is Cc1ccc(NC(=O)c2cccc(C(F)(F)F)c2)cc1Nc1cc(C(=O)NCCN2CCOCC2)[nH]n1. The first-order valence-corrected chi connectivity index (χ1v) is 11.7. The van der Waals surface area contributed by atoms with Crippen molar-refractivity contribution in [3.63, 3.8) is 0 Å². The number of aromatic nitrogens is 2. The fraction of sp³-hybridized carbons (Fsp3) is 0.320. The van der Waals surface area contributed by atoms with Crippen LogP contribution in [-0.2, 0) is 10.9 Å². The molecule has 4 rings (SSSR count). The second kappa shape index (κ2) is 11.4. The van der Waals surface area contributed by atoms with E-state index in [1.54, 1.807) is 24.3 Å². The predicted molar refractivity (Wildman–Crippen MR) is 132 cm³/mol. The smallest absolute Gasteiger partial charge is 0.379 e. The molecular formula is C25H27F3N6O3. The summed E-state index contributed by atoms with van der Waals surface area (Å²) in [4.78, 5) is 27.2. The molecule has 4 N–H and O–H groups in total. The zero-order valence-corrected chi connectivity index (χ0v) is 20.1. The molecule has 2 aromatic carbocycles. The van der Waals surface area contributed by atoms with Crippen LogP contribution in [0.2, 0.25) is 0 Å². The summed E-state index contributed by atoms with van der Waals surface area (Å²) < 4.78 is 44.2. The quantitative estimate of drug-likeness (QED) is 0.363. The summed E-state index contributed by atoms with van der Waals surface area (Å²) in [5, 5.41) is 15.4. The molecule has 37 heavy (non-hydrogen) atoms. The molecule has 0 atom stereocenters. The van der Waals surface area contributed by atoms with Crippen LogP contribution in [0.4, 0.5) is 30.4 Å². The van der Waals surface area contributed by atoms with Crippen LogP contribution >= 0.6 is 0 Å². The van der Waals surface area contributed by atoms with E-state index in [9.17, 15) is 22.8 Å². The third-order valence-corrected chi connectivity index (χ3v) is 5.85. The van der Waals surface area contributed by atoms with Gasteiger partial charge < -0.3 is 20.7 Å². The van der Waals surface area contributed by atoms with Crippen LogP contribution in [0.5, 0.6) is 0 Å². The molecule has 0 unspecified atom stereocenters. The van der Waals surface area contributed by atoms with E-state index < -0.39 is 17.6 Å². The molecule has 1 aromatic heterocycles. The Bertz CT molecular complexity index is 1250. The van der Waals surface area contributed by atoms with Crippen molar-refractivity contribution in [1.29, 1.82) is 0 Å². The Kier molecular flexibility index (Phi) is 8.09. The maximum Gasteiger partial charge on any atom is 0.416 e. The Morgan fingerprint density at radius 1 is 1.08 bits per heavy atom. The van der Waals surface area contributed by atoms with Crippen LogP contribution in [0.15, 0.2) is 48.5 Å². The van der Waals surface area contributed by atoms with Crippen LogP contribution in [0.3, 0.4) is 0 Å². The van der Waals surface area contributed by atoms with Crippen molar-refractivity contribution in [2.75, 3.05) is 50.0 Å². The van der Waals surface area contributed by atoms with Crippen LogP contribution in [0.25, 0.3) is 0 Å². The lowest BCUT2D eigenvalue weighted by Crippen LogP contribution is -2.41. The summed E-state index contributed by atoms with van der Waals surface area (Å²) in [6, 6.07) is 10.8. The van der Waals surface area contributed by atoms with Crippen LogP contribution in [0.1, 0.15) is 32.0 Å². The van der Waals surface area contributed by atoms with Gasteiger partial charge >= 0.3 is 6.18 Å². The first-order chi connectivity index (χ1) is 17.7. The molecule has 1 fully saturated rings. The number of carbonyl (C=O) groups excluding carboxylic acids is 2. The van der Waals surface area contributed by atoms with Gasteiger partial charge in [0.05, 0.1) is 18.8 Å². The summed E-state index contributed by atoms with van der Waals surface area (Å²) in [5.41, 5.74) is 1.10.